The molecule has 0 unspecified atom stereocenters. The van der Waals surface area contributed by atoms with Gasteiger partial charge in [-0.25, -0.2) is 19.3 Å². The molecule has 196 valence electrons. The Morgan fingerprint density at radius 3 is 2.63 bits per heavy atom. The second-order valence-corrected chi connectivity index (χ2v) is 9.16. The molecule has 2 aliphatic heterocycles. The zero-order valence-electron chi connectivity index (χ0n) is 21.2. The highest BCUT2D eigenvalue weighted by atomic mass is 19.1. The number of halogens is 1. The fourth-order valence-corrected chi connectivity index (χ4v) is 4.82. The van der Waals surface area contributed by atoms with Crippen molar-refractivity contribution in [3.8, 4) is 17.1 Å². The van der Waals surface area contributed by atoms with Crippen molar-refractivity contribution < 1.29 is 13.9 Å². The second kappa shape index (κ2) is 10.7. The molecule has 2 fully saturated rings. The van der Waals surface area contributed by atoms with E-state index in [1.807, 2.05) is 18.2 Å². The Bertz CT molecular complexity index is 1440. The van der Waals surface area contributed by atoms with E-state index >= 15 is 4.39 Å². The smallest absolute Gasteiger partial charge is 0.162 e. The molecule has 11 heteroatoms. The van der Waals surface area contributed by atoms with Crippen LogP contribution in [0.1, 0.15) is 0 Å². The third kappa shape index (κ3) is 4.90. The summed E-state index contributed by atoms with van der Waals surface area (Å²) in [4.78, 5) is 22.8. The van der Waals surface area contributed by atoms with Crippen LogP contribution in [0.2, 0.25) is 0 Å². The average molecular weight is 517 g/mol. The normalized spacial score (nSPS) is 16.1. The minimum atomic E-state index is -0.345. The molecule has 6 rings (SSSR count). The molecular formula is C27H29FN8O2. The van der Waals surface area contributed by atoms with Crippen LogP contribution in [0, 0.1) is 5.82 Å². The first kappa shape index (κ1) is 24.3. The predicted octanol–water partition coefficient (Wildman–Crippen LogP) is 3.22. The molecule has 1 aromatic carbocycles. The number of methoxy groups -OCH3 is 1. The van der Waals surface area contributed by atoms with Gasteiger partial charge >= 0.3 is 0 Å². The van der Waals surface area contributed by atoms with Crippen LogP contribution in [-0.4, -0.2) is 79.5 Å². The Morgan fingerprint density at radius 2 is 1.84 bits per heavy atom. The quantitative estimate of drug-likeness (QED) is 0.397. The minimum absolute atomic E-state index is 0.345. The molecule has 0 bridgehead atoms. The van der Waals surface area contributed by atoms with Gasteiger partial charge in [-0.05, 0) is 30.3 Å². The molecule has 0 atom stereocenters. The van der Waals surface area contributed by atoms with E-state index in [9.17, 15) is 0 Å². The summed E-state index contributed by atoms with van der Waals surface area (Å²) in [5, 5.41) is 7.33. The number of benzene rings is 1. The highest BCUT2D eigenvalue weighted by molar-refractivity contribution is 5.95. The number of ether oxygens (including phenoxy) is 2. The Kier molecular flexibility index (Phi) is 6.84. The van der Waals surface area contributed by atoms with Gasteiger partial charge in [-0.15, -0.1) is 0 Å². The first-order chi connectivity index (χ1) is 18.7. The third-order valence-corrected chi connectivity index (χ3v) is 6.80. The van der Waals surface area contributed by atoms with Crippen molar-refractivity contribution in [1.82, 2.24) is 25.3 Å². The fraction of sp³-hybridized carbons (Fsp3) is 0.333. The zero-order valence-corrected chi connectivity index (χ0v) is 21.2. The molecule has 10 nitrogen and oxygen atoms in total. The molecule has 0 spiro atoms. The lowest BCUT2D eigenvalue weighted by Gasteiger charge is -2.29. The topological polar surface area (TPSA) is 101 Å². The maximum absolute atomic E-state index is 15.0. The Hall–Kier alpha value is -4.09. The summed E-state index contributed by atoms with van der Waals surface area (Å²) in [6.45, 7) is 6.17. The number of pyridine rings is 2. The third-order valence-electron chi connectivity index (χ3n) is 6.80. The number of rotatable bonds is 6. The zero-order chi connectivity index (χ0) is 25.9. The lowest BCUT2D eigenvalue weighted by atomic mass is 10.2. The van der Waals surface area contributed by atoms with Gasteiger partial charge in [-0.1, -0.05) is 0 Å². The van der Waals surface area contributed by atoms with Crippen LogP contribution in [0.15, 0.2) is 48.9 Å². The van der Waals surface area contributed by atoms with Crippen molar-refractivity contribution in [2.24, 2.45) is 0 Å². The van der Waals surface area contributed by atoms with Crippen LogP contribution >= 0.6 is 0 Å². The van der Waals surface area contributed by atoms with Gasteiger partial charge in [0.2, 0.25) is 0 Å². The number of anilines is 4. The fourth-order valence-electron chi connectivity index (χ4n) is 4.82. The minimum Gasteiger partial charge on any atom is -0.494 e. The van der Waals surface area contributed by atoms with E-state index in [0.29, 0.717) is 41.8 Å². The first-order valence-electron chi connectivity index (χ1n) is 12.7. The number of hydrogen-bond donors (Lipinski definition) is 2. The van der Waals surface area contributed by atoms with Crippen molar-refractivity contribution in [3.05, 3.63) is 54.7 Å². The second-order valence-electron chi connectivity index (χ2n) is 9.16. The van der Waals surface area contributed by atoms with E-state index in [1.54, 1.807) is 37.8 Å². The molecule has 0 radical (unpaired) electrons. The molecule has 0 aliphatic carbocycles. The summed E-state index contributed by atoms with van der Waals surface area (Å²) >= 11 is 0. The molecule has 2 N–H and O–H groups in total. The SMILES string of the molecule is COc1cncc2nc(-c3ccnc(Nc4ccc(N5CCOCC5)cc4F)c3)nc(N3CCNCC3)c12. The predicted molar refractivity (Wildman–Crippen MR) is 145 cm³/mol. The molecule has 2 saturated heterocycles. The van der Waals surface area contributed by atoms with Crippen molar-refractivity contribution in [1.29, 1.82) is 0 Å². The number of morpholine rings is 1. The standard InChI is InChI=1S/C27H29FN8O2/c1-37-23-17-30-16-22-25(23)27(36-8-6-29-7-9-36)34-26(33-22)18-4-5-31-24(14-18)32-21-3-2-19(15-20(21)28)35-10-12-38-13-11-35/h2-5,14-17,29H,6-13H2,1H3,(H,31,32). The molecule has 38 heavy (non-hydrogen) atoms. The number of aromatic nitrogens is 4. The Balaban J connectivity index is 1.32. The van der Waals surface area contributed by atoms with Gasteiger partial charge in [-0.3, -0.25) is 4.98 Å². The summed E-state index contributed by atoms with van der Waals surface area (Å²) in [6, 6.07) is 8.86. The number of fused-ring (bicyclic) bond motifs is 1. The van der Waals surface area contributed by atoms with Gasteiger partial charge in [0, 0.05) is 56.7 Å². The van der Waals surface area contributed by atoms with Gasteiger partial charge < -0.3 is 29.9 Å². The van der Waals surface area contributed by atoms with Crippen molar-refractivity contribution in [2.75, 3.05) is 74.7 Å². The summed E-state index contributed by atoms with van der Waals surface area (Å²) in [7, 11) is 1.62. The van der Waals surface area contributed by atoms with E-state index in [0.717, 1.165) is 61.7 Å². The summed E-state index contributed by atoms with van der Waals surface area (Å²) in [6.07, 6.45) is 5.07. The van der Waals surface area contributed by atoms with Gasteiger partial charge in [0.25, 0.3) is 0 Å². The average Bonchev–Trinajstić information content (AvgIpc) is 2.98. The Morgan fingerprint density at radius 1 is 1.00 bits per heavy atom. The van der Waals surface area contributed by atoms with Gasteiger partial charge in [0.05, 0.1) is 49.3 Å². The molecule has 0 saturated carbocycles. The molecule has 3 aromatic heterocycles. The number of nitrogens with zero attached hydrogens (tertiary/aromatic N) is 6. The highest BCUT2D eigenvalue weighted by Crippen LogP contribution is 2.34. The van der Waals surface area contributed by atoms with E-state index in [-0.39, 0.29) is 5.82 Å². The number of piperazine rings is 1. The van der Waals surface area contributed by atoms with Gasteiger partial charge in [0.15, 0.2) is 5.82 Å². The van der Waals surface area contributed by atoms with E-state index < -0.39 is 0 Å². The van der Waals surface area contributed by atoms with E-state index in [4.69, 9.17) is 19.4 Å². The van der Waals surface area contributed by atoms with Crippen LogP contribution in [0.5, 0.6) is 5.75 Å². The van der Waals surface area contributed by atoms with E-state index in [2.05, 4.69) is 30.4 Å². The van der Waals surface area contributed by atoms with Crippen LogP contribution in [0.4, 0.5) is 27.4 Å². The van der Waals surface area contributed by atoms with Crippen molar-refractivity contribution in [2.45, 2.75) is 0 Å². The lowest BCUT2D eigenvalue weighted by Crippen LogP contribution is -2.44. The first-order valence-corrected chi connectivity index (χ1v) is 12.7. The largest absolute Gasteiger partial charge is 0.494 e. The van der Waals surface area contributed by atoms with Gasteiger partial charge in [-0.2, -0.15) is 0 Å². The molecule has 0 amide bonds. The molecule has 2 aliphatic rings. The van der Waals surface area contributed by atoms with Crippen molar-refractivity contribution >= 4 is 33.9 Å². The molecule has 5 heterocycles. The summed E-state index contributed by atoms with van der Waals surface area (Å²) in [5.41, 5.74) is 2.64. The maximum atomic E-state index is 15.0. The lowest BCUT2D eigenvalue weighted by molar-refractivity contribution is 0.122. The summed E-state index contributed by atoms with van der Waals surface area (Å²) < 4.78 is 26.0. The van der Waals surface area contributed by atoms with Crippen LogP contribution in [-0.2, 0) is 4.74 Å². The van der Waals surface area contributed by atoms with Crippen LogP contribution < -0.4 is 25.2 Å². The molecule has 4 aromatic rings. The van der Waals surface area contributed by atoms with E-state index in [1.165, 1.54) is 0 Å². The Labute approximate surface area is 219 Å². The number of hydrogen-bond acceptors (Lipinski definition) is 10. The number of nitrogens with one attached hydrogen (secondary N) is 2. The maximum Gasteiger partial charge on any atom is 0.162 e. The van der Waals surface area contributed by atoms with Crippen molar-refractivity contribution in [3.63, 3.8) is 0 Å². The van der Waals surface area contributed by atoms with Crippen LogP contribution in [0.25, 0.3) is 22.3 Å². The van der Waals surface area contributed by atoms with Crippen LogP contribution in [0.3, 0.4) is 0 Å². The molecular weight excluding hydrogens is 487 g/mol. The summed E-state index contributed by atoms with van der Waals surface area (Å²) in [5.74, 6) is 2.13. The van der Waals surface area contributed by atoms with Gasteiger partial charge in [0.1, 0.15) is 23.2 Å². The monoisotopic (exact) mass is 516 g/mol. The highest BCUT2D eigenvalue weighted by Gasteiger charge is 2.21.